The van der Waals surface area contributed by atoms with Crippen LogP contribution in [-0.2, 0) is 6.42 Å². The molecule has 0 spiro atoms. The molecular weight excluding hydrogens is 506 g/mol. The minimum absolute atomic E-state index is 0.0972. The summed E-state index contributed by atoms with van der Waals surface area (Å²) in [4.78, 5) is 29.4. The molecule has 0 aliphatic carbocycles. The van der Waals surface area contributed by atoms with Crippen molar-refractivity contribution in [3.8, 4) is 17.2 Å². The van der Waals surface area contributed by atoms with E-state index in [-0.39, 0.29) is 17.1 Å². The zero-order chi connectivity index (χ0) is 28.2. The molecule has 0 saturated carbocycles. The summed E-state index contributed by atoms with van der Waals surface area (Å²) in [5.74, 6) is 1.77. The number of unbranched alkanes of at least 4 members (excludes halogenated alkanes) is 2. The van der Waals surface area contributed by atoms with Crippen LogP contribution >= 0.6 is 0 Å². The molecule has 208 valence electrons. The van der Waals surface area contributed by atoms with E-state index in [2.05, 4.69) is 6.92 Å². The predicted octanol–water partition coefficient (Wildman–Crippen LogP) is 6.48. The molecule has 0 radical (unpaired) electrons. The Labute approximate surface area is 234 Å². The Morgan fingerprint density at radius 2 is 1.70 bits per heavy atom. The van der Waals surface area contributed by atoms with E-state index in [1.807, 2.05) is 61.5 Å². The van der Waals surface area contributed by atoms with E-state index >= 15 is 0 Å². The molecule has 40 heavy (non-hydrogen) atoms. The maximum Gasteiger partial charge on any atom is 0.290 e. The molecule has 0 saturated heterocycles. The normalized spacial score (nSPS) is 14.4. The molecule has 7 nitrogen and oxygen atoms in total. The van der Waals surface area contributed by atoms with Crippen LogP contribution in [0.5, 0.6) is 17.2 Å². The molecule has 1 amide bonds. The second kappa shape index (κ2) is 11.9. The molecule has 1 aliphatic rings. The minimum atomic E-state index is -0.620. The van der Waals surface area contributed by atoms with Crippen LogP contribution < -0.4 is 19.6 Å². The number of fused-ring (bicyclic) bond motifs is 2. The first kappa shape index (κ1) is 27.3. The predicted molar refractivity (Wildman–Crippen MR) is 155 cm³/mol. The van der Waals surface area contributed by atoms with Crippen molar-refractivity contribution in [2.24, 2.45) is 0 Å². The molecule has 0 bridgehead atoms. The van der Waals surface area contributed by atoms with E-state index in [1.54, 1.807) is 25.2 Å². The Bertz CT molecular complexity index is 1570. The van der Waals surface area contributed by atoms with E-state index in [0.717, 1.165) is 41.7 Å². The van der Waals surface area contributed by atoms with Crippen LogP contribution in [0.2, 0.25) is 0 Å². The van der Waals surface area contributed by atoms with Gasteiger partial charge in [-0.25, -0.2) is 0 Å². The van der Waals surface area contributed by atoms with Gasteiger partial charge in [-0.2, -0.15) is 0 Å². The van der Waals surface area contributed by atoms with Gasteiger partial charge in [0, 0.05) is 6.54 Å². The molecule has 1 aromatic heterocycles. The van der Waals surface area contributed by atoms with Crippen LogP contribution in [0.1, 0.15) is 65.0 Å². The summed E-state index contributed by atoms with van der Waals surface area (Å²) >= 11 is 0. The van der Waals surface area contributed by atoms with Crippen LogP contribution in [0.15, 0.2) is 69.9 Å². The zero-order valence-corrected chi connectivity index (χ0v) is 23.5. The van der Waals surface area contributed by atoms with Gasteiger partial charge in [0.15, 0.2) is 16.9 Å². The van der Waals surface area contributed by atoms with Gasteiger partial charge in [0.25, 0.3) is 5.91 Å². The van der Waals surface area contributed by atoms with Gasteiger partial charge >= 0.3 is 0 Å². The van der Waals surface area contributed by atoms with Crippen LogP contribution in [-0.4, -0.2) is 38.2 Å². The summed E-state index contributed by atoms with van der Waals surface area (Å²) in [6, 6.07) is 18.2. The number of carbonyl (C=O) groups excluding carboxylic acids is 1. The highest BCUT2D eigenvalue weighted by Crippen LogP contribution is 2.41. The quantitative estimate of drug-likeness (QED) is 0.202. The molecule has 5 rings (SSSR count). The van der Waals surface area contributed by atoms with Crippen LogP contribution in [0.3, 0.4) is 0 Å². The second-order valence-electron chi connectivity index (χ2n) is 10.1. The van der Waals surface area contributed by atoms with Gasteiger partial charge in [0.05, 0.1) is 37.8 Å². The van der Waals surface area contributed by atoms with Crippen molar-refractivity contribution in [3.63, 3.8) is 0 Å². The van der Waals surface area contributed by atoms with Crippen LogP contribution in [0, 0.1) is 6.92 Å². The number of aryl methyl sites for hydroxylation is 1. The van der Waals surface area contributed by atoms with Crippen LogP contribution in [0.25, 0.3) is 11.0 Å². The Kier molecular flexibility index (Phi) is 8.10. The van der Waals surface area contributed by atoms with Crippen molar-refractivity contribution in [3.05, 3.63) is 98.9 Å². The first-order valence-corrected chi connectivity index (χ1v) is 13.8. The number of hydrogen-bond donors (Lipinski definition) is 0. The van der Waals surface area contributed by atoms with E-state index in [9.17, 15) is 9.59 Å². The van der Waals surface area contributed by atoms with Gasteiger partial charge in [-0.15, -0.1) is 0 Å². The molecule has 7 heteroatoms. The molecule has 3 aromatic carbocycles. The Morgan fingerprint density at radius 1 is 0.900 bits per heavy atom. The lowest BCUT2D eigenvalue weighted by Crippen LogP contribution is -2.31. The lowest BCUT2D eigenvalue weighted by atomic mass is 9.97. The Hall–Kier alpha value is -4.26. The van der Waals surface area contributed by atoms with Crippen molar-refractivity contribution in [1.29, 1.82) is 0 Å². The lowest BCUT2D eigenvalue weighted by molar-refractivity contribution is 0.0730. The van der Waals surface area contributed by atoms with Gasteiger partial charge in [0.2, 0.25) is 5.76 Å². The van der Waals surface area contributed by atoms with E-state index in [0.29, 0.717) is 47.6 Å². The minimum Gasteiger partial charge on any atom is -0.497 e. The highest BCUT2D eigenvalue weighted by Gasteiger charge is 2.42. The molecule has 1 unspecified atom stereocenters. The third-order valence-electron chi connectivity index (χ3n) is 7.43. The molecule has 1 atom stereocenters. The van der Waals surface area contributed by atoms with Crippen molar-refractivity contribution >= 4 is 16.9 Å². The average molecular weight is 542 g/mol. The van der Waals surface area contributed by atoms with Gasteiger partial charge in [0.1, 0.15) is 11.3 Å². The summed E-state index contributed by atoms with van der Waals surface area (Å²) in [6.07, 6.45) is 3.76. The number of ether oxygens (including phenoxy) is 3. The Balaban J connectivity index is 1.56. The molecule has 2 heterocycles. The first-order valence-electron chi connectivity index (χ1n) is 13.8. The number of methoxy groups -OCH3 is 2. The third-order valence-corrected chi connectivity index (χ3v) is 7.43. The second-order valence-corrected chi connectivity index (χ2v) is 10.1. The highest BCUT2D eigenvalue weighted by molar-refractivity contribution is 5.99. The van der Waals surface area contributed by atoms with E-state index < -0.39 is 6.04 Å². The topological polar surface area (TPSA) is 78.2 Å². The molecular formula is C33H35NO6. The lowest BCUT2D eigenvalue weighted by Gasteiger charge is -2.26. The molecule has 4 aromatic rings. The number of rotatable bonds is 11. The fourth-order valence-corrected chi connectivity index (χ4v) is 5.26. The summed E-state index contributed by atoms with van der Waals surface area (Å²) in [5.41, 5.74) is 3.34. The zero-order valence-electron chi connectivity index (χ0n) is 23.5. The fraction of sp³-hybridized carbons (Fsp3) is 0.333. The maximum absolute atomic E-state index is 13.9. The first-order chi connectivity index (χ1) is 19.4. The smallest absolute Gasteiger partial charge is 0.290 e. The monoisotopic (exact) mass is 541 g/mol. The van der Waals surface area contributed by atoms with Crippen molar-refractivity contribution < 1.29 is 23.4 Å². The largest absolute Gasteiger partial charge is 0.497 e. The number of nitrogens with zero attached hydrogens (tertiary/aromatic N) is 1. The van der Waals surface area contributed by atoms with Gasteiger partial charge in [-0.05, 0) is 67.3 Å². The molecule has 0 N–H and O–H groups in total. The average Bonchev–Trinajstić information content (AvgIpc) is 3.26. The highest BCUT2D eigenvalue weighted by atomic mass is 16.5. The third kappa shape index (κ3) is 5.28. The maximum atomic E-state index is 13.9. The van der Waals surface area contributed by atoms with Gasteiger partial charge in [-0.3, -0.25) is 9.59 Å². The summed E-state index contributed by atoms with van der Waals surface area (Å²) in [5, 5.41) is 0.469. The number of carbonyl (C=O) groups is 1. The number of benzene rings is 3. The fourth-order valence-electron chi connectivity index (χ4n) is 5.26. The van der Waals surface area contributed by atoms with Crippen molar-refractivity contribution in [2.75, 3.05) is 27.4 Å². The standard InChI is InChI=1S/C33H35NO6/c1-5-6-7-18-39-27-15-11-23(20-28(27)38-4)30-29-31(35)25-19-21(2)8-14-26(25)40-32(29)33(36)34(30)17-16-22-9-12-24(37-3)13-10-22/h8-15,19-20,30H,5-7,16-18H2,1-4H3. The molecule has 0 fully saturated rings. The summed E-state index contributed by atoms with van der Waals surface area (Å²) < 4.78 is 23.1. The number of amides is 1. The molecule has 1 aliphatic heterocycles. The SMILES string of the molecule is CCCCCOc1ccc(C2c3c(oc4ccc(C)cc4c3=O)C(=O)N2CCc2ccc(OC)cc2)cc1OC. The van der Waals surface area contributed by atoms with Crippen LogP contribution in [0.4, 0.5) is 0 Å². The van der Waals surface area contributed by atoms with E-state index in [1.165, 1.54) is 0 Å². The van der Waals surface area contributed by atoms with E-state index in [4.69, 9.17) is 18.6 Å². The van der Waals surface area contributed by atoms with Gasteiger partial charge in [-0.1, -0.05) is 49.6 Å². The Morgan fingerprint density at radius 3 is 2.42 bits per heavy atom. The van der Waals surface area contributed by atoms with Crippen molar-refractivity contribution in [1.82, 2.24) is 4.90 Å². The summed E-state index contributed by atoms with van der Waals surface area (Å²) in [7, 11) is 3.23. The van der Waals surface area contributed by atoms with Crippen molar-refractivity contribution in [2.45, 2.75) is 45.6 Å². The number of hydrogen-bond acceptors (Lipinski definition) is 6. The van der Waals surface area contributed by atoms with Gasteiger partial charge < -0.3 is 23.5 Å². The summed E-state index contributed by atoms with van der Waals surface area (Å²) in [6.45, 7) is 5.07.